The van der Waals surface area contributed by atoms with Crippen molar-refractivity contribution in [2.24, 2.45) is 5.73 Å². The van der Waals surface area contributed by atoms with Crippen molar-refractivity contribution in [2.75, 3.05) is 25.1 Å². The highest BCUT2D eigenvalue weighted by atomic mass is 16.5. The molecule has 0 bridgehead atoms. The van der Waals surface area contributed by atoms with Gasteiger partial charge < -0.3 is 15.4 Å². The van der Waals surface area contributed by atoms with Gasteiger partial charge in [-0.05, 0) is 42.5 Å². The average Bonchev–Trinajstić information content (AvgIpc) is 2.46. The Bertz CT molecular complexity index is 585. The maximum atomic E-state index is 6.06. The second-order valence-electron chi connectivity index (χ2n) is 5.07. The van der Waals surface area contributed by atoms with Crippen LogP contribution < -0.4 is 15.4 Å². The summed E-state index contributed by atoms with van der Waals surface area (Å²) in [4.78, 5) is 6.84. The van der Waals surface area contributed by atoms with Gasteiger partial charge in [0.2, 0.25) is 0 Å². The van der Waals surface area contributed by atoms with Crippen molar-refractivity contribution < 1.29 is 4.74 Å². The second-order valence-corrected chi connectivity index (χ2v) is 5.07. The molecule has 4 heteroatoms. The summed E-state index contributed by atoms with van der Waals surface area (Å²) in [5, 5.41) is 2.32. The van der Waals surface area contributed by atoms with Crippen LogP contribution >= 0.6 is 0 Å². The Balaban J connectivity index is 2.03. The minimum Gasteiger partial charge on any atom is -0.497 e. The van der Waals surface area contributed by atoms with E-state index >= 15 is 0 Å². The van der Waals surface area contributed by atoms with Gasteiger partial charge in [-0.2, -0.15) is 0 Å². The van der Waals surface area contributed by atoms with E-state index in [1.807, 2.05) is 24.4 Å². The average molecular weight is 257 g/mol. The maximum absolute atomic E-state index is 6.06. The standard InChI is InChI=1S/C15H19N3O/c1-19-13-4-5-14-11(9-13)6-7-17-15(14)18-8-2-3-12(16)10-18/h4-7,9,12H,2-3,8,10,16H2,1H3/t12-/m1/s1. The zero-order chi connectivity index (χ0) is 13.2. The Kier molecular flexibility index (Phi) is 3.25. The number of methoxy groups -OCH3 is 1. The van der Waals surface area contributed by atoms with Gasteiger partial charge in [-0.25, -0.2) is 4.98 Å². The Labute approximate surface area is 113 Å². The highest BCUT2D eigenvalue weighted by Crippen LogP contribution is 2.29. The molecule has 0 saturated carbocycles. The van der Waals surface area contributed by atoms with Gasteiger partial charge in [0.05, 0.1) is 7.11 Å². The van der Waals surface area contributed by atoms with Crippen molar-refractivity contribution >= 4 is 16.6 Å². The van der Waals surface area contributed by atoms with E-state index in [1.54, 1.807) is 7.11 Å². The minimum absolute atomic E-state index is 0.254. The lowest BCUT2D eigenvalue weighted by Crippen LogP contribution is -2.43. The fourth-order valence-electron chi connectivity index (χ4n) is 2.72. The lowest BCUT2D eigenvalue weighted by molar-refractivity contribution is 0.415. The number of ether oxygens (including phenoxy) is 1. The van der Waals surface area contributed by atoms with E-state index in [1.165, 1.54) is 0 Å². The molecule has 1 fully saturated rings. The van der Waals surface area contributed by atoms with Crippen LogP contribution in [-0.2, 0) is 0 Å². The molecular formula is C15H19N3O. The number of benzene rings is 1. The maximum Gasteiger partial charge on any atom is 0.136 e. The summed E-state index contributed by atoms with van der Waals surface area (Å²) < 4.78 is 5.27. The molecule has 4 nitrogen and oxygen atoms in total. The first kappa shape index (κ1) is 12.2. The number of nitrogens with two attached hydrogens (primary N) is 1. The summed E-state index contributed by atoms with van der Waals surface area (Å²) in [5.74, 6) is 1.91. The van der Waals surface area contributed by atoms with E-state index in [0.717, 1.165) is 48.3 Å². The van der Waals surface area contributed by atoms with Gasteiger partial charge in [0.1, 0.15) is 11.6 Å². The molecule has 0 spiro atoms. The van der Waals surface area contributed by atoms with E-state index in [-0.39, 0.29) is 6.04 Å². The number of nitrogens with zero attached hydrogens (tertiary/aromatic N) is 2. The quantitative estimate of drug-likeness (QED) is 0.896. The molecule has 0 radical (unpaired) electrons. The van der Waals surface area contributed by atoms with Crippen molar-refractivity contribution in [2.45, 2.75) is 18.9 Å². The highest BCUT2D eigenvalue weighted by molar-refractivity contribution is 5.93. The largest absolute Gasteiger partial charge is 0.497 e. The number of hydrogen-bond acceptors (Lipinski definition) is 4. The molecule has 1 aromatic carbocycles. The van der Waals surface area contributed by atoms with Gasteiger partial charge in [-0.3, -0.25) is 0 Å². The van der Waals surface area contributed by atoms with Crippen LogP contribution in [0.15, 0.2) is 30.5 Å². The first-order chi connectivity index (χ1) is 9.28. The third-order valence-electron chi connectivity index (χ3n) is 3.71. The number of hydrogen-bond donors (Lipinski definition) is 1. The monoisotopic (exact) mass is 257 g/mol. The molecule has 3 rings (SSSR count). The number of anilines is 1. The Hall–Kier alpha value is -1.81. The molecule has 2 N–H and O–H groups in total. The molecule has 0 unspecified atom stereocenters. The van der Waals surface area contributed by atoms with E-state index in [0.29, 0.717) is 0 Å². The van der Waals surface area contributed by atoms with Crippen molar-refractivity contribution in [1.29, 1.82) is 0 Å². The van der Waals surface area contributed by atoms with Crippen LogP contribution in [0.4, 0.5) is 5.82 Å². The lowest BCUT2D eigenvalue weighted by atomic mass is 10.1. The van der Waals surface area contributed by atoms with Crippen LogP contribution in [-0.4, -0.2) is 31.2 Å². The van der Waals surface area contributed by atoms with Crippen LogP contribution in [0.25, 0.3) is 10.8 Å². The predicted octanol–water partition coefficient (Wildman–Crippen LogP) is 2.17. The highest BCUT2D eigenvalue weighted by Gasteiger charge is 2.19. The molecule has 100 valence electrons. The SMILES string of the molecule is COc1ccc2c(N3CCC[C@@H](N)C3)nccc2c1. The Morgan fingerprint density at radius 2 is 2.26 bits per heavy atom. The zero-order valence-electron chi connectivity index (χ0n) is 11.2. The van der Waals surface area contributed by atoms with Gasteiger partial charge in [0, 0.05) is 30.7 Å². The molecule has 0 amide bonds. The molecule has 1 aliphatic rings. The van der Waals surface area contributed by atoms with E-state index in [4.69, 9.17) is 10.5 Å². The summed E-state index contributed by atoms with van der Waals surface area (Å²) >= 11 is 0. The summed E-state index contributed by atoms with van der Waals surface area (Å²) in [7, 11) is 1.69. The minimum atomic E-state index is 0.254. The molecule has 2 heterocycles. The lowest BCUT2D eigenvalue weighted by Gasteiger charge is -2.32. The number of rotatable bonds is 2. The molecule has 0 aliphatic carbocycles. The van der Waals surface area contributed by atoms with E-state index in [2.05, 4.69) is 16.0 Å². The molecule has 1 atom stereocenters. The van der Waals surface area contributed by atoms with Gasteiger partial charge in [0.15, 0.2) is 0 Å². The number of pyridine rings is 1. The predicted molar refractivity (Wildman–Crippen MR) is 77.7 cm³/mol. The molecule has 1 saturated heterocycles. The van der Waals surface area contributed by atoms with Crippen LogP contribution in [0.1, 0.15) is 12.8 Å². The van der Waals surface area contributed by atoms with Crippen molar-refractivity contribution in [3.05, 3.63) is 30.5 Å². The van der Waals surface area contributed by atoms with Gasteiger partial charge in [-0.1, -0.05) is 0 Å². The third-order valence-corrected chi connectivity index (χ3v) is 3.71. The van der Waals surface area contributed by atoms with Gasteiger partial charge >= 0.3 is 0 Å². The summed E-state index contributed by atoms with van der Waals surface area (Å²) in [5.41, 5.74) is 6.06. The first-order valence-corrected chi connectivity index (χ1v) is 6.71. The van der Waals surface area contributed by atoms with Crippen LogP contribution in [0, 0.1) is 0 Å². The summed E-state index contributed by atoms with van der Waals surface area (Å²) in [6.45, 7) is 1.92. The van der Waals surface area contributed by atoms with E-state index in [9.17, 15) is 0 Å². The van der Waals surface area contributed by atoms with Crippen LogP contribution in [0.3, 0.4) is 0 Å². The van der Waals surface area contributed by atoms with Crippen LogP contribution in [0.5, 0.6) is 5.75 Å². The fourth-order valence-corrected chi connectivity index (χ4v) is 2.72. The molecule has 19 heavy (non-hydrogen) atoms. The molecular weight excluding hydrogens is 238 g/mol. The van der Waals surface area contributed by atoms with Gasteiger partial charge in [-0.15, -0.1) is 0 Å². The van der Waals surface area contributed by atoms with Gasteiger partial charge in [0.25, 0.3) is 0 Å². The van der Waals surface area contributed by atoms with Crippen LogP contribution in [0.2, 0.25) is 0 Å². The molecule has 1 aliphatic heterocycles. The zero-order valence-corrected chi connectivity index (χ0v) is 11.2. The second kappa shape index (κ2) is 5.05. The Morgan fingerprint density at radius 1 is 1.37 bits per heavy atom. The number of fused-ring (bicyclic) bond motifs is 1. The van der Waals surface area contributed by atoms with Crippen molar-refractivity contribution in [1.82, 2.24) is 4.98 Å². The van der Waals surface area contributed by atoms with Crippen molar-refractivity contribution in [3.8, 4) is 5.75 Å². The summed E-state index contributed by atoms with van der Waals surface area (Å²) in [6, 6.07) is 8.38. The summed E-state index contributed by atoms with van der Waals surface area (Å²) in [6.07, 6.45) is 4.10. The number of piperidine rings is 1. The third kappa shape index (κ3) is 2.36. The molecule has 2 aromatic rings. The van der Waals surface area contributed by atoms with E-state index < -0.39 is 0 Å². The van der Waals surface area contributed by atoms with Crippen molar-refractivity contribution in [3.63, 3.8) is 0 Å². The molecule has 1 aromatic heterocycles. The Morgan fingerprint density at radius 3 is 3.05 bits per heavy atom. The smallest absolute Gasteiger partial charge is 0.136 e. The normalized spacial score (nSPS) is 19.7. The number of aromatic nitrogens is 1. The first-order valence-electron chi connectivity index (χ1n) is 6.71. The topological polar surface area (TPSA) is 51.4 Å². The fraction of sp³-hybridized carbons (Fsp3) is 0.400.